The van der Waals surface area contributed by atoms with Crippen LogP contribution in [0.5, 0.6) is 5.75 Å². The second kappa shape index (κ2) is 11.1. The molecule has 0 spiro atoms. The van der Waals surface area contributed by atoms with Crippen LogP contribution in [0.2, 0.25) is 0 Å². The molecule has 2 aromatic carbocycles. The van der Waals surface area contributed by atoms with Crippen LogP contribution < -0.4 is 15.8 Å². The molecule has 2 aromatic heterocycles. The van der Waals surface area contributed by atoms with Crippen LogP contribution in [-0.2, 0) is 16.0 Å². The monoisotopic (exact) mass is 541 g/mol. The molecule has 0 saturated heterocycles. The predicted molar refractivity (Wildman–Crippen MR) is 129 cm³/mol. The molecule has 2 amide bonds. The average molecular weight is 541 g/mol. The number of nitrogens with one attached hydrogen (secondary N) is 1. The van der Waals surface area contributed by atoms with E-state index in [1.54, 1.807) is 0 Å². The minimum Gasteiger partial charge on any atom is -0.405 e. The molecule has 4 aromatic rings. The lowest BCUT2D eigenvalue weighted by Gasteiger charge is -2.17. The van der Waals surface area contributed by atoms with E-state index in [0.29, 0.717) is 5.56 Å². The first kappa shape index (κ1) is 27.0. The highest BCUT2D eigenvalue weighted by Crippen LogP contribution is 2.33. The van der Waals surface area contributed by atoms with Crippen molar-refractivity contribution in [3.8, 4) is 22.8 Å². The number of alkyl halides is 3. The van der Waals surface area contributed by atoms with E-state index in [9.17, 15) is 31.9 Å². The van der Waals surface area contributed by atoms with Crippen LogP contribution in [-0.4, -0.2) is 44.8 Å². The molecule has 2 heterocycles. The molecule has 0 aliphatic rings. The van der Waals surface area contributed by atoms with Gasteiger partial charge in [0, 0.05) is 24.4 Å². The Bertz CT molecular complexity index is 1520. The maximum absolute atomic E-state index is 13.3. The fourth-order valence-corrected chi connectivity index (χ4v) is 3.71. The van der Waals surface area contributed by atoms with E-state index in [2.05, 4.69) is 20.1 Å². The number of pyridine rings is 1. The lowest BCUT2D eigenvalue weighted by atomic mass is 10.0. The van der Waals surface area contributed by atoms with Gasteiger partial charge in [-0.05, 0) is 48.0 Å². The van der Waals surface area contributed by atoms with Gasteiger partial charge in [-0.1, -0.05) is 24.3 Å². The van der Waals surface area contributed by atoms with Crippen LogP contribution in [0.3, 0.4) is 0 Å². The average Bonchev–Trinajstić information content (AvgIpc) is 3.38. The number of para-hydroxylation sites is 1. The normalized spacial score (nSPS) is 12.0. The van der Waals surface area contributed by atoms with Crippen molar-refractivity contribution in [1.29, 1.82) is 0 Å². The minimum absolute atomic E-state index is 0.0115. The summed E-state index contributed by atoms with van der Waals surface area (Å²) in [4.78, 5) is 41.4. The molecule has 39 heavy (non-hydrogen) atoms. The van der Waals surface area contributed by atoms with Crippen molar-refractivity contribution in [3.05, 3.63) is 96.1 Å². The summed E-state index contributed by atoms with van der Waals surface area (Å²) in [6.07, 6.45) is -2.33. The fourth-order valence-electron chi connectivity index (χ4n) is 3.71. The van der Waals surface area contributed by atoms with E-state index in [1.807, 2.05) is 0 Å². The summed E-state index contributed by atoms with van der Waals surface area (Å²) in [6, 6.07) is 13.4. The first-order valence-electron chi connectivity index (χ1n) is 11.3. The Morgan fingerprint density at radius 2 is 1.72 bits per heavy atom. The summed E-state index contributed by atoms with van der Waals surface area (Å²) in [5.74, 6) is -4.14. The first-order valence-corrected chi connectivity index (χ1v) is 11.3. The number of amides is 2. The van der Waals surface area contributed by atoms with Crippen LogP contribution in [0.15, 0.2) is 79.1 Å². The highest BCUT2D eigenvalue weighted by Gasteiger charge is 2.32. The Kier molecular flexibility index (Phi) is 7.70. The van der Waals surface area contributed by atoms with Crippen LogP contribution >= 0.6 is 0 Å². The number of ether oxygens (including phenoxy) is 1. The Morgan fingerprint density at radius 3 is 2.41 bits per heavy atom. The topological polar surface area (TPSA) is 129 Å². The molecule has 3 N–H and O–H groups in total. The van der Waals surface area contributed by atoms with E-state index < -0.39 is 41.6 Å². The summed E-state index contributed by atoms with van der Waals surface area (Å²) in [5.41, 5.74) is 5.69. The van der Waals surface area contributed by atoms with E-state index in [0.717, 1.165) is 18.2 Å². The number of aromatic nitrogens is 3. The van der Waals surface area contributed by atoms with E-state index >= 15 is 0 Å². The molecular weight excluding hydrogens is 522 g/mol. The second-order valence-corrected chi connectivity index (χ2v) is 8.15. The Labute approximate surface area is 218 Å². The first-order chi connectivity index (χ1) is 18.5. The van der Waals surface area contributed by atoms with Gasteiger partial charge >= 0.3 is 6.36 Å². The zero-order chi connectivity index (χ0) is 28.2. The minimum atomic E-state index is -4.92. The molecule has 0 radical (unpaired) electrons. The number of ketones is 1. The third-order valence-electron chi connectivity index (χ3n) is 5.44. The molecule has 0 fully saturated rings. The maximum atomic E-state index is 13.3. The quantitative estimate of drug-likeness (QED) is 0.247. The van der Waals surface area contributed by atoms with Crippen molar-refractivity contribution in [1.82, 2.24) is 20.1 Å². The number of carbonyl (C=O) groups excluding carboxylic acids is 3. The third kappa shape index (κ3) is 6.63. The SMILES string of the molecule is NC(=O)C(=O)C(Cc1ccc(F)cc1)NC(=O)c1cccnc1-n1ccc(-c2ccccc2OC(F)(F)F)n1. The van der Waals surface area contributed by atoms with Crippen molar-refractivity contribution < 1.29 is 36.7 Å². The largest absolute Gasteiger partial charge is 0.573 e. The van der Waals surface area contributed by atoms with E-state index in [-0.39, 0.29) is 29.1 Å². The number of primary amides is 1. The van der Waals surface area contributed by atoms with Gasteiger partial charge in [0.15, 0.2) is 5.82 Å². The molecule has 0 aliphatic carbocycles. The Morgan fingerprint density at radius 1 is 1.00 bits per heavy atom. The number of nitrogens with zero attached hydrogens (tertiary/aromatic N) is 3. The lowest BCUT2D eigenvalue weighted by Crippen LogP contribution is -2.47. The van der Waals surface area contributed by atoms with Crippen LogP contribution in [0.1, 0.15) is 15.9 Å². The number of halogens is 4. The summed E-state index contributed by atoms with van der Waals surface area (Å²) in [5, 5.41) is 6.71. The number of nitrogens with two attached hydrogens (primary N) is 1. The number of benzene rings is 2. The van der Waals surface area contributed by atoms with Crippen molar-refractivity contribution >= 4 is 17.6 Å². The van der Waals surface area contributed by atoms with Crippen molar-refractivity contribution in [3.63, 3.8) is 0 Å². The number of Topliss-reactive ketones (excluding diaryl/α,β-unsaturated/α-hetero) is 1. The molecule has 9 nitrogen and oxygen atoms in total. The Balaban J connectivity index is 1.63. The Hall–Kier alpha value is -5.07. The molecule has 4 rings (SSSR count). The standard InChI is InChI=1S/C26H19F4N5O4/c27-16-9-7-15(8-10-16)14-20(22(36)23(31)37)33-25(38)18-5-3-12-32-24(18)35-13-11-19(34-35)17-4-1-2-6-21(17)39-26(28,29)30/h1-13,20H,14H2,(H2,31,37)(H,33,38). The van der Waals surface area contributed by atoms with Gasteiger partial charge < -0.3 is 15.8 Å². The van der Waals surface area contributed by atoms with E-state index in [1.165, 1.54) is 65.6 Å². The highest BCUT2D eigenvalue weighted by molar-refractivity contribution is 6.38. The summed E-state index contributed by atoms with van der Waals surface area (Å²) in [7, 11) is 0. The van der Waals surface area contributed by atoms with Crippen LogP contribution in [0.25, 0.3) is 17.1 Å². The van der Waals surface area contributed by atoms with E-state index in [4.69, 9.17) is 5.73 Å². The number of rotatable bonds is 9. The summed E-state index contributed by atoms with van der Waals surface area (Å²) >= 11 is 0. The molecule has 0 aliphatic heterocycles. The smallest absolute Gasteiger partial charge is 0.405 e. The molecule has 0 bridgehead atoms. The summed E-state index contributed by atoms with van der Waals surface area (Å²) in [6.45, 7) is 0. The summed E-state index contributed by atoms with van der Waals surface area (Å²) < 4.78 is 57.1. The van der Waals surface area contributed by atoms with Crippen molar-refractivity contribution in [2.24, 2.45) is 5.73 Å². The van der Waals surface area contributed by atoms with Gasteiger partial charge in [-0.15, -0.1) is 13.2 Å². The molecule has 1 atom stereocenters. The molecule has 0 saturated carbocycles. The number of hydrogen-bond acceptors (Lipinski definition) is 6. The lowest BCUT2D eigenvalue weighted by molar-refractivity contribution is -0.274. The van der Waals surface area contributed by atoms with Gasteiger partial charge in [-0.25, -0.2) is 14.1 Å². The van der Waals surface area contributed by atoms with Gasteiger partial charge in [0.25, 0.3) is 11.8 Å². The van der Waals surface area contributed by atoms with Gasteiger partial charge in [-0.3, -0.25) is 14.4 Å². The number of carbonyl (C=O) groups is 3. The molecule has 200 valence electrons. The number of hydrogen-bond donors (Lipinski definition) is 2. The van der Waals surface area contributed by atoms with Crippen molar-refractivity contribution in [2.45, 2.75) is 18.8 Å². The molecular formula is C26H19F4N5O4. The zero-order valence-electron chi connectivity index (χ0n) is 19.9. The predicted octanol–water partition coefficient (Wildman–Crippen LogP) is 3.37. The van der Waals surface area contributed by atoms with Crippen LogP contribution in [0, 0.1) is 5.82 Å². The van der Waals surface area contributed by atoms with Gasteiger partial charge in [0.1, 0.15) is 17.6 Å². The van der Waals surface area contributed by atoms with Gasteiger partial charge in [0.2, 0.25) is 5.78 Å². The van der Waals surface area contributed by atoms with Crippen molar-refractivity contribution in [2.75, 3.05) is 0 Å². The molecule has 13 heteroatoms. The van der Waals surface area contributed by atoms with Gasteiger partial charge in [0.05, 0.1) is 11.3 Å². The zero-order valence-corrected chi connectivity index (χ0v) is 19.9. The van der Waals surface area contributed by atoms with Crippen LogP contribution in [0.4, 0.5) is 17.6 Å². The fraction of sp³-hybridized carbons (Fsp3) is 0.115. The third-order valence-corrected chi connectivity index (χ3v) is 5.44. The maximum Gasteiger partial charge on any atom is 0.573 e. The highest BCUT2D eigenvalue weighted by atomic mass is 19.4. The van der Waals surface area contributed by atoms with Gasteiger partial charge in [-0.2, -0.15) is 5.10 Å². The second-order valence-electron chi connectivity index (χ2n) is 8.15. The molecule has 1 unspecified atom stereocenters.